The van der Waals surface area contributed by atoms with Crippen molar-refractivity contribution in [2.24, 2.45) is 23.2 Å². The zero-order valence-corrected chi connectivity index (χ0v) is 14.4. The maximum Gasteiger partial charge on any atom is 0.226 e. The minimum absolute atomic E-state index is 0.0744. The lowest BCUT2D eigenvalue weighted by Crippen LogP contribution is -2.53. The Morgan fingerprint density at radius 1 is 1.16 bits per heavy atom. The molecular formula is C20H24N4O. The van der Waals surface area contributed by atoms with E-state index < -0.39 is 0 Å². The van der Waals surface area contributed by atoms with Crippen LogP contribution in [0.1, 0.15) is 44.1 Å². The SMILES string of the molecule is O=C(NCc1ccnc(-n2ccnc2)c1)C12CC3CC(CC(C3)C1)C2. The summed E-state index contributed by atoms with van der Waals surface area (Å²) in [6, 6.07) is 3.99. The standard InChI is InChI=1S/C20H24N4O/c25-19(20-9-15-5-16(10-20)7-17(6-15)11-20)23-12-14-1-2-22-18(8-14)24-4-3-21-13-24/h1-4,8,13,15-17H,5-7,9-12H2,(H,23,25). The first-order chi connectivity index (χ1) is 12.2. The highest BCUT2D eigenvalue weighted by Crippen LogP contribution is 2.60. The van der Waals surface area contributed by atoms with Crippen molar-refractivity contribution in [2.45, 2.75) is 45.1 Å². The number of nitrogens with zero attached hydrogens (tertiary/aromatic N) is 3. The number of carbonyl (C=O) groups excluding carboxylic acids is 1. The summed E-state index contributed by atoms with van der Waals surface area (Å²) >= 11 is 0. The Kier molecular flexibility index (Phi) is 3.43. The number of imidazole rings is 1. The van der Waals surface area contributed by atoms with E-state index in [1.165, 1.54) is 19.3 Å². The van der Waals surface area contributed by atoms with Crippen LogP contribution < -0.4 is 5.32 Å². The third-order valence-corrected chi connectivity index (χ3v) is 6.55. The predicted octanol–water partition coefficient (Wildman–Crippen LogP) is 3.10. The smallest absolute Gasteiger partial charge is 0.226 e. The van der Waals surface area contributed by atoms with E-state index in [1.54, 1.807) is 18.7 Å². The molecule has 1 N–H and O–H groups in total. The van der Waals surface area contributed by atoms with Gasteiger partial charge in [0, 0.05) is 30.6 Å². The summed E-state index contributed by atoms with van der Waals surface area (Å²) in [6.07, 6.45) is 14.6. The average Bonchev–Trinajstić information content (AvgIpc) is 3.13. The summed E-state index contributed by atoms with van der Waals surface area (Å²) in [4.78, 5) is 21.5. The van der Waals surface area contributed by atoms with Gasteiger partial charge in [0.25, 0.3) is 0 Å². The fourth-order valence-corrected chi connectivity index (χ4v) is 5.86. The molecule has 0 spiro atoms. The van der Waals surface area contributed by atoms with E-state index >= 15 is 0 Å². The van der Waals surface area contributed by atoms with Gasteiger partial charge in [-0.25, -0.2) is 9.97 Å². The Labute approximate surface area is 147 Å². The van der Waals surface area contributed by atoms with E-state index in [4.69, 9.17) is 0 Å². The highest BCUT2D eigenvalue weighted by atomic mass is 16.2. The maximum absolute atomic E-state index is 13.0. The van der Waals surface area contributed by atoms with E-state index in [-0.39, 0.29) is 11.3 Å². The Hall–Kier alpha value is -2.17. The number of aromatic nitrogens is 3. The highest BCUT2D eigenvalue weighted by molar-refractivity contribution is 5.83. The lowest BCUT2D eigenvalue weighted by molar-refractivity contribution is -0.146. The van der Waals surface area contributed by atoms with Crippen LogP contribution in [0.3, 0.4) is 0 Å². The lowest BCUT2D eigenvalue weighted by atomic mass is 9.49. The molecule has 2 aromatic heterocycles. The fourth-order valence-electron chi connectivity index (χ4n) is 5.86. The normalized spacial score (nSPS) is 32.7. The number of amides is 1. The minimum atomic E-state index is -0.0744. The van der Waals surface area contributed by atoms with Crippen LogP contribution in [0.25, 0.3) is 5.82 Å². The Morgan fingerprint density at radius 2 is 1.88 bits per heavy atom. The average molecular weight is 336 g/mol. The van der Waals surface area contributed by atoms with Gasteiger partial charge in [0.1, 0.15) is 12.1 Å². The third-order valence-electron chi connectivity index (χ3n) is 6.55. The number of pyridine rings is 1. The first-order valence-electron chi connectivity index (χ1n) is 9.42. The number of carbonyl (C=O) groups is 1. The maximum atomic E-state index is 13.0. The zero-order chi connectivity index (χ0) is 16.9. The highest BCUT2D eigenvalue weighted by Gasteiger charge is 2.54. The van der Waals surface area contributed by atoms with Crippen LogP contribution in [0, 0.1) is 23.2 Å². The zero-order valence-electron chi connectivity index (χ0n) is 14.4. The van der Waals surface area contributed by atoms with E-state index in [0.717, 1.165) is 48.4 Å². The third kappa shape index (κ3) is 2.66. The Balaban J connectivity index is 1.29. The molecular weight excluding hydrogens is 312 g/mol. The van der Waals surface area contributed by atoms with Crippen molar-refractivity contribution in [1.29, 1.82) is 0 Å². The summed E-state index contributed by atoms with van der Waals surface area (Å²) in [5, 5.41) is 3.24. The first-order valence-corrected chi connectivity index (χ1v) is 9.42. The molecule has 0 atom stereocenters. The molecule has 4 fully saturated rings. The molecule has 1 amide bonds. The largest absolute Gasteiger partial charge is 0.352 e. The van der Waals surface area contributed by atoms with Crippen LogP contribution in [0.5, 0.6) is 0 Å². The van der Waals surface area contributed by atoms with Gasteiger partial charge in [-0.15, -0.1) is 0 Å². The summed E-state index contributed by atoms with van der Waals surface area (Å²) in [5.74, 6) is 3.51. The quantitative estimate of drug-likeness (QED) is 0.933. The van der Waals surface area contributed by atoms with Gasteiger partial charge < -0.3 is 5.32 Å². The lowest BCUT2D eigenvalue weighted by Gasteiger charge is -2.55. The topological polar surface area (TPSA) is 59.8 Å². The molecule has 2 heterocycles. The van der Waals surface area contributed by atoms with E-state index in [2.05, 4.69) is 15.3 Å². The molecule has 0 aliphatic heterocycles. The van der Waals surface area contributed by atoms with Crippen molar-refractivity contribution in [3.63, 3.8) is 0 Å². The molecule has 130 valence electrons. The van der Waals surface area contributed by atoms with Gasteiger partial charge in [0.05, 0.1) is 0 Å². The molecule has 6 rings (SSSR count). The number of rotatable bonds is 4. The van der Waals surface area contributed by atoms with Crippen molar-refractivity contribution < 1.29 is 4.79 Å². The van der Waals surface area contributed by atoms with Gasteiger partial charge in [0.2, 0.25) is 5.91 Å². The van der Waals surface area contributed by atoms with Gasteiger partial charge in [-0.2, -0.15) is 0 Å². The van der Waals surface area contributed by atoms with Crippen LogP contribution in [0.15, 0.2) is 37.1 Å². The van der Waals surface area contributed by atoms with Crippen molar-refractivity contribution in [3.8, 4) is 5.82 Å². The van der Waals surface area contributed by atoms with Crippen LogP contribution in [0.4, 0.5) is 0 Å². The van der Waals surface area contributed by atoms with E-state index in [9.17, 15) is 4.79 Å². The molecule has 5 heteroatoms. The fraction of sp³-hybridized carbons (Fsp3) is 0.550. The van der Waals surface area contributed by atoms with Gasteiger partial charge in [-0.3, -0.25) is 9.36 Å². The van der Waals surface area contributed by atoms with Crippen LogP contribution >= 0.6 is 0 Å². The second-order valence-electron chi connectivity index (χ2n) is 8.37. The van der Waals surface area contributed by atoms with Gasteiger partial charge in [-0.1, -0.05) is 0 Å². The van der Waals surface area contributed by atoms with Crippen molar-refractivity contribution >= 4 is 5.91 Å². The summed E-state index contributed by atoms with van der Waals surface area (Å²) in [6.45, 7) is 0.574. The molecule has 2 aromatic rings. The second kappa shape index (κ2) is 5.68. The molecule has 0 aromatic carbocycles. The van der Waals surface area contributed by atoms with Crippen LogP contribution in [0.2, 0.25) is 0 Å². The monoisotopic (exact) mass is 336 g/mol. The van der Waals surface area contributed by atoms with Crippen LogP contribution in [-0.2, 0) is 11.3 Å². The molecule has 0 unspecified atom stereocenters. The van der Waals surface area contributed by atoms with Crippen molar-refractivity contribution in [3.05, 3.63) is 42.6 Å². The molecule has 4 aliphatic carbocycles. The summed E-state index contributed by atoms with van der Waals surface area (Å²) in [7, 11) is 0. The van der Waals surface area contributed by atoms with E-state index in [0.29, 0.717) is 6.54 Å². The molecule has 25 heavy (non-hydrogen) atoms. The predicted molar refractivity (Wildman–Crippen MR) is 93.8 cm³/mol. The van der Waals surface area contributed by atoms with Crippen molar-refractivity contribution in [1.82, 2.24) is 19.9 Å². The summed E-state index contributed by atoms with van der Waals surface area (Å²) in [5.41, 5.74) is 1.01. The van der Waals surface area contributed by atoms with Crippen molar-refractivity contribution in [2.75, 3.05) is 0 Å². The number of nitrogens with one attached hydrogen (secondary N) is 1. The molecule has 0 saturated heterocycles. The van der Waals surface area contributed by atoms with Gasteiger partial charge in [-0.05, 0) is 74.0 Å². The molecule has 5 nitrogen and oxygen atoms in total. The summed E-state index contributed by atoms with van der Waals surface area (Å²) < 4.78 is 1.88. The molecule has 0 radical (unpaired) electrons. The Morgan fingerprint density at radius 3 is 2.52 bits per heavy atom. The minimum Gasteiger partial charge on any atom is -0.352 e. The van der Waals surface area contributed by atoms with Gasteiger partial charge >= 0.3 is 0 Å². The molecule has 4 bridgehead atoms. The van der Waals surface area contributed by atoms with E-state index in [1.807, 2.05) is 22.9 Å². The molecule has 4 aliphatic rings. The number of hydrogen-bond acceptors (Lipinski definition) is 3. The van der Waals surface area contributed by atoms with Gasteiger partial charge in [0.15, 0.2) is 0 Å². The second-order valence-corrected chi connectivity index (χ2v) is 8.37. The van der Waals surface area contributed by atoms with Crippen LogP contribution in [-0.4, -0.2) is 20.4 Å². The first kappa shape index (κ1) is 15.1. The Bertz CT molecular complexity index is 747. The molecule has 4 saturated carbocycles. The number of hydrogen-bond donors (Lipinski definition) is 1.